The van der Waals surface area contributed by atoms with Crippen molar-refractivity contribution in [3.8, 4) is 0 Å². The molecule has 2 N–H and O–H groups in total. The third-order valence-electron chi connectivity index (χ3n) is 3.04. The third-order valence-corrected chi connectivity index (χ3v) is 3.04. The Balaban J connectivity index is 1.84. The van der Waals surface area contributed by atoms with E-state index in [1.165, 1.54) is 18.6 Å². The lowest BCUT2D eigenvalue weighted by Gasteiger charge is -2.08. The molecule has 104 valence electrons. The zero-order valence-electron chi connectivity index (χ0n) is 11.0. The molecule has 0 bridgehead atoms. The third kappa shape index (κ3) is 2.79. The summed E-state index contributed by atoms with van der Waals surface area (Å²) >= 11 is 0. The summed E-state index contributed by atoms with van der Waals surface area (Å²) in [6.45, 7) is 0.391. The fourth-order valence-corrected chi connectivity index (χ4v) is 2.03. The number of pyridine rings is 1. The highest BCUT2D eigenvalue weighted by atomic mass is 16.4. The van der Waals surface area contributed by atoms with Gasteiger partial charge in [0.2, 0.25) is 0 Å². The van der Waals surface area contributed by atoms with Crippen LogP contribution in [0.25, 0.3) is 10.9 Å². The fraction of sp³-hybridized carbons (Fsp3) is 0.0667. The summed E-state index contributed by atoms with van der Waals surface area (Å²) in [5.41, 5.74) is 1.70. The first-order valence-corrected chi connectivity index (χ1v) is 6.36. The van der Waals surface area contributed by atoms with Crippen molar-refractivity contribution in [2.45, 2.75) is 6.54 Å². The largest absolute Gasteiger partial charge is 0.478 e. The van der Waals surface area contributed by atoms with Gasteiger partial charge in [0.25, 0.3) is 0 Å². The van der Waals surface area contributed by atoms with Gasteiger partial charge in [0.05, 0.1) is 23.3 Å². The number of fused-ring (bicyclic) bond motifs is 1. The molecule has 2 aromatic heterocycles. The number of hydrogen-bond acceptors (Lipinski definition) is 5. The second-order valence-electron chi connectivity index (χ2n) is 4.43. The molecule has 0 aliphatic heterocycles. The molecule has 0 radical (unpaired) electrons. The van der Waals surface area contributed by atoms with Gasteiger partial charge in [-0.2, -0.15) is 0 Å². The number of nitrogens with one attached hydrogen (secondary N) is 1. The predicted octanol–water partition coefficient (Wildman–Crippen LogP) is 2.34. The lowest BCUT2D eigenvalue weighted by molar-refractivity contribution is 0.0696. The number of benzene rings is 1. The first-order chi connectivity index (χ1) is 10.2. The summed E-state index contributed by atoms with van der Waals surface area (Å²) in [6.07, 6.45) is 2.98. The summed E-state index contributed by atoms with van der Waals surface area (Å²) in [4.78, 5) is 23.5. The van der Waals surface area contributed by atoms with Gasteiger partial charge in [0.1, 0.15) is 12.1 Å². The molecule has 6 heteroatoms. The van der Waals surface area contributed by atoms with E-state index in [0.29, 0.717) is 18.1 Å². The first kappa shape index (κ1) is 13.0. The Bertz CT molecular complexity index is 799. The summed E-state index contributed by atoms with van der Waals surface area (Å²) < 4.78 is 0. The van der Waals surface area contributed by atoms with E-state index in [1.54, 1.807) is 6.07 Å². The Kier molecular flexibility index (Phi) is 3.42. The summed E-state index contributed by atoms with van der Waals surface area (Å²) in [5.74, 6) is -0.269. The molecule has 0 saturated heterocycles. The standard InChI is InChI=1S/C15H12N4O2/c20-15(21)10-5-6-16-11(7-10)8-17-14-12-3-1-2-4-13(12)18-9-19-14/h1-7,9H,8H2,(H,20,21)(H,17,18,19). The molecule has 21 heavy (non-hydrogen) atoms. The molecule has 0 unspecified atom stereocenters. The predicted molar refractivity (Wildman–Crippen MR) is 78.1 cm³/mol. The molecule has 0 fully saturated rings. The monoisotopic (exact) mass is 280 g/mol. The van der Waals surface area contributed by atoms with Crippen molar-refractivity contribution in [2.24, 2.45) is 0 Å². The van der Waals surface area contributed by atoms with Crippen molar-refractivity contribution in [3.05, 3.63) is 60.2 Å². The van der Waals surface area contributed by atoms with Crippen molar-refractivity contribution in [3.63, 3.8) is 0 Å². The highest BCUT2D eigenvalue weighted by Gasteiger charge is 2.06. The van der Waals surface area contributed by atoms with Crippen LogP contribution in [0.2, 0.25) is 0 Å². The van der Waals surface area contributed by atoms with Crippen LogP contribution in [0.3, 0.4) is 0 Å². The van der Waals surface area contributed by atoms with E-state index in [9.17, 15) is 4.79 Å². The number of nitrogens with zero attached hydrogens (tertiary/aromatic N) is 3. The summed E-state index contributed by atoms with van der Waals surface area (Å²) in [6, 6.07) is 10.7. The number of hydrogen-bond donors (Lipinski definition) is 2. The van der Waals surface area contributed by atoms with Crippen molar-refractivity contribution in [2.75, 3.05) is 5.32 Å². The second-order valence-corrected chi connectivity index (χ2v) is 4.43. The highest BCUT2D eigenvalue weighted by Crippen LogP contribution is 2.18. The minimum absolute atomic E-state index is 0.217. The van der Waals surface area contributed by atoms with Gasteiger partial charge in [-0.05, 0) is 24.3 Å². The normalized spacial score (nSPS) is 10.5. The summed E-state index contributed by atoms with van der Waals surface area (Å²) in [7, 11) is 0. The zero-order valence-corrected chi connectivity index (χ0v) is 11.0. The first-order valence-electron chi connectivity index (χ1n) is 6.36. The molecule has 0 atom stereocenters. The zero-order chi connectivity index (χ0) is 14.7. The van der Waals surface area contributed by atoms with Crippen LogP contribution in [-0.2, 0) is 6.54 Å². The second kappa shape index (κ2) is 5.54. The number of carboxylic acids is 1. The van der Waals surface area contributed by atoms with Crippen LogP contribution in [-0.4, -0.2) is 26.0 Å². The van der Waals surface area contributed by atoms with Gasteiger partial charge in [0, 0.05) is 11.6 Å². The molecule has 0 amide bonds. The molecule has 3 aromatic rings. The molecule has 6 nitrogen and oxygen atoms in total. The average molecular weight is 280 g/mol. The lowest BCUT2D eigenvalue weighted by Crippen LogP contribution is -2.06. The highest BCUT2D eigenvalue weighted by molar-refractivity contribution is 5.89. The van der Waals surface area contributed by atoms with E-state index in [2.05, 4.69) is 20.3 Å². The summed E-state index contributed by atoms with van der Waals surface area (Å²) in [5, 5.41) is 13.0. The van der Waals surface area contributed by atoms with Crippen LogP contribution in [0.4, 0.5) is 5.82 Å². The molecule has 0 aliphatic rings. The van der Waals surface area contributed by atoms with Gasteiger partial charge in [-0.1, -0.05) is 12.1 Å². The number of aromatic nitrogens is 3. The van der Waals surface area contributed by atoms with Crippen molar-refractivity contribution in [1.82, 2.24) is 15.0 Å². The quantitative estimate of drug-likeness (QED) is 0.762. The van der Waals surface area contributed by atoms with Gasteiger partial charge >= 0.3 is 5.97 Å². The minimum Gasteiger partial charge on any atom is -0.478 e. The molecule has 2 heterocycles. The smallest absolute Gasteiger partial charge is 0.335 e. The average Bonchev–Trinajstić information content (AvgIpc) is 2.53. The van der Waals surface area contributed by atoms with E-state index < -0.39 is 5.97 Å². The number of aromatic carboxylic acids is 1. The Morgan fingerprint density at radius 1 is 1.14 bits per heavy atom. The SMILES string of the molecule is O=C(O)c1ccnc(CNc2ncnc3ccccc23)c1. The topological polar surface area (TPSA) is 88.0 Å². The molecule has 0 saturated carbocycles. The Hall–Kier alpha value is -3.02. The maximum absolute atomic E-state index is 10.9. The van der Waals surface area contributed by atoms with Crippen molar-refractivity contribution in [1.29, 1.82) is 0 Å². The molecular weight excluding hydrogens is 268 g/mol. The molecule has 1 aromatic carbocycles. The van der Waals surface area contributed by atoms with Gasteiger partial charge in [-0.3, -0.25) is 4.98 Å². The van der Waals surface area contributed by atoms with Crippen LogP contribution in [0.1, 0.15) is 16.1 Å². The Labute approximate surface area is 120 Å². The number of carbonyl (C=O) groups is 1. The van der Waals surface area contributed by atoms with Gasteiger partial charge < -0.3 is 10.4 Å². The maximum atomic E-state index is 10.9. The van der Waals surface area contributed by atoms with Gasteiger partial charge in [0.15, 0.2) is 0 Å². The van der Waals surface area contributed by atoms with Crippen molar-refractivity contribution >= 4 is 22.7 Å². The van der Waals surface area contributed by atoms with E-state index >= 15 is 0 Å². The van der Waals surface area contributed by atoms with E-state index in [0.717, 1.165) is 10.9 Å². The van der Waals surface area contributed by atoms with Crippen LogP contribution in [0.5, 0.6) is 0 Å². The van der Waals surface area contributed by atoms with Gasteiger partial charge in [-0.15, -0.1) is 0 Å². The molecule has 3 rings (SSSR count). The van der Waals surface area contributed by atoms with Crippen LogP contribution < -0.4 is 5.32 Å². The molecule has 0 aliphatic carbocycles. The molecular formula is C15H12N4O2. The van der Waals surface area contributed by atoms with E-state index in [4.69, 9.17) is 5.11 Å². The number of anilines is 1. The minimum atomic E-state index is -0.967. The number of carboxylic acid groups (broad SMARTS) is 1. The van der Waals surface area contributed by atoms with Crippen molar-refractivity contribution < 1.29 is 9.90 Å². The number of para-hydroxylation sites is 1. The van der Waals surface area contributed by atoms with Crippen LogP contribution in [0.15, 0.2) is 48.9 Å². The van der Waals surface area contributed by atoms with Gasteiger partial charge in [-0.25, -0.2) is 14.8 Å². The van der Waals surface area contributed by atoms with E-state index in [-0.39, 0.29) is 5.56 Å². The van der Waals surface area contributed by atoms with E-state index in [1.807, 2.05) is 24.3 Å². The Morgan fingerprint density at radius 2 is 2.00 bits per heavy atom. The fourth-order valence-electron chi connectivity index (χ4n) is 2.03. The molecule has 0 spiro atoms. The maximum Gasteiger partial charge on any atom is 0.335 e. The van der Waals surface area contributed by atoms with Crippen LogP contribution >= 0.6 is 0 Å². The Morgan fingerprint density at radius 3 is 2.86 bits per heavy atom. The van der Waals surface area contributed by atoms with Crippen LogP contribution in [0, 0.1) is 0 Å². The number of rotatable bonds is 4. The lowest BCUT2D eigenvalue weighted by atomic mass is 10.2.